The van der Waals surface area contributed by atoms with Gasteiger partial charge in [0, 0.05) is 5.39 Å². The van der Waals surface area contributed by atoms with Crippen molar-refractivity contribution in [3.63, 3.8) is 0 Å². The average molecular weight is 315 g/mol. The topological polar surface area (TPSA) is 115 Å². The number of fused-ring (bicyclic) bond motifs is 1. The van der Waals surface area contributed by atoms with Crippen LogP contribution in [0.4, 0.5) is 5.69 Å². The van der Waals surface area contributed by atoms with Crippen molar-refractivity contribution < 1.29 is 21.4 Å². The Morgan fingerprint density at radius 3 is 2.30 bits per heavy atom. The molecule has 0 fully saturated rings. The summed E-state index contributed by atoms with van der Waals surface area (Å²) in [4.78, 5) is -0.722. The number of sulfone groups is 1. The summed E-state index contributed by atoms with van der Waals surface area (Å²) in [6.45, 7) is 1.43. The third-order valence-electron chi connectivity index (χ3n) is 2.96. The smallest absolute Gasteiger partial charge is 0.295 e. The van der Waals surface area contributed by atoms with Crippen molar-refractivity contribution >= 4 is 36.4 Å². The normalized spacial score (nSPS) is 12.7. The molecule has 0 spiro atoms. The van der Waals surface area contributed by atoms with E-state index in [-0.39, 0.29) is 21.7 Å². The SMILES string of the molecule is CCS(=O)(=O)c1c(N)ccc2cccc(S(=O)(=O)O)c12. The van der Waals surface area contributed by atoms with Gasteiger partial charge in [-0.1, -0.05) is 25.1 Å². The lowest BCUT2D eigenvalue weighted by Gasteiger charge is -2.12. The van der Waals surface area contributed by atoms with Gasteiger partial charge in [0.25, 0.3) is 10.1 Å². The Morgan fingerprint density at radius 2 is 1.75 bits per heavy atom. The summed E-state index contributed by atoms with van der Waals surface area (Å²) < 4.78 is 56.5. The predicted molar refractivity (Wildman–Crippen MR) is 75.9 cm³/mol. The molecule has 0 atom stereocenters. The van der Waals surface area contributed by atoms with Crippen molar-refractivity contribution in [2.24, 2.45) is 0 Å². The summed E-state index contributed by atoms with van der Waals surface area (Å²) in [5.74, 6) is -0.226. The molecule has 3 N–H and O–H groups in total. The summed E-state index contributed by atoms with van der Waals surface area (Å²) in [6.07, 6.45) is 0. The van der Waals surface area contributed by atoms with Crippen LogP contribution in [0.15, 0.2) is 40.1 Å². The standard InChI is InChI=1S/C12H13NO5S2/c1-2-19(14,15)12-9(13)7-6-8-4-3-5-10(11(8)12)20(16,17)18/h3-7H,2,13H2,1H3,(H,16,17,18). The fraction of sp³-hybridized carbons (Fsp3) is 0.167. The Kier molecular flexibility index (Phi) is 3.49. The van der Waals surface area contributed by atoms with E-state index in [4.69, 9.17) is 5.73 Å². The van der Waals surface area contributed by atoms with Crippen LogP contribution in [-0.2, 0) is 20.0 Å². The zero-order valence-electron chi connectivity index (χ0n) is 10.6. The maximum atomic E-state index is 12.2. The maximum absolute atomic E-state index is 12.2. The quantitative estimate of drug-likeness (QED) is 0.654. The van der Waals surface area contributed by atoms with E-state index in [1.807, 2.05) is 0 Å². The zero-order valence-corrected chi connectivity index (χ0v) is 12.2. The molecule has 2 aromatic carbocycles. The van der Waals surface area contributed by atoms with E-state index in [0.29, 0.717) is 5.39 Å². The van der Waals surface area contributed by atoms with Crippen molar-refractivity contribution in [1.82, 2.24) is 0 Å². The minimum absolute atomic E-state index is 0.0459. The van der Waals surface area contributed by atoms with Crippen LogP contribution in [0, 0.1) is 0 Å². The molecular formula is C12H13NO5S2. The lowest BCUT2D eigenvalue weighted by molar-refractivity contribution is 0.484. The molecular weight excluding hydrogens is 302 g/mol. The minimum Gasteiger partial charge on any atom is -0.398 e. The second kappa shape index (κ2) is 4.72. The molecule has 0 radical (unpaired) electrons. The van der Waals surface area contributed by atoms with E-state index in [1.165, 1.54) is 25.1 Å². The van der Waals surface area contributed by atoms with Crippen molar-refractivity contribution in [1.29, 1.82) is 0 Å². The van der Waals surface area contributed by atoms with Crippen molar-refractivity contribution in [2.45, 2.75) is 16.7 Å². The summed E-state index contributed by atoms with van der Waals surface area (Å²) in [7, 11) is -8.30. The van der Waals surface area contributed by atoms with Gasteiger partial charge in [-0.2, -0.15) is 8.42 Å². The molecule has 8 heteroatoms. The molecule has 2 rings (SSSR count). The second-order valence-electron chi connectivity index (χ2n) is 4.22. The van der Waals surface area contributed by atoms with Gasteiger partial charge in [-0.3, -0.25) is 4.55 Å². The van der Waals surface area contributed by atoms with E-state index in [2.05, 4.69) is 0 Å². The highest BCUT2D eigenvalue weighted by Crippen LogP contribution is 2.34. The van der Waals surface area contributed by atoms with Crippen LogP contribution in [0.25, 0.3) is 10.8 Å². The lowest BCUT2D eigenvalue weighted by Crippen LogP contribution is -2.10. The highest BCUT2D eigenvalue weighted by molar-refractivity contribution is 7.92. The van der Waals surface area contributed by atoms with Crippen LogP contribution >= 0.6 is 0 Å². The average Bonchev–Trinajstić information content (AvgIpc) is 2.36. The number of rotatable bonds is 3. The maximum Gasteiger partial charge on any atom is 0.295 e. The summed E-state index contributed by atoms with van der Waals surface area (Å²) >= 11 is 0. The molecule has 0 saturated heterocycles. The molecule has 0 saturated carbocycles. The molecule has 0 aliphatic carbocycles. The van der Waals surface area contributed by atoms with Gasteiger partial charge in [0.05, 0.1) is 16.3 Å². The summed E-state index contributed by atoms with van der Waals surface area (Å²) in [6, 6.07) is 7.03. The number of nitrogen functional groups attached to an aromatic ring is 1. The Morgan fingerprint density at radius 1 is 1.10 bits per heavy atom. The highest BCUT2D eigenvalue weighted by Gasteiger charge is 2.24. The number of benzene rings is 2. The van der Waals surface area contributed by atoms with Gasteiger partial charge in [-0.15, -0.1) is 0 Å². The second-order valence-corrected chi connectivity index (χ2v) is 7.82. The summed E-state index contributed by atoms with van der Waals surface area (Å²) in [5.41, 5.74) is 5.66. The van der Waals surface area contributed by atoms with E-state index < -0.39 is 24.9 Å². The number of nitrogens with two attached hydrogens (primary N) is 1. The summed E-state index contributed by atoms with van der Waals surface area (Å²) in [5, 5.41) is 0.304. The van der Waals surface area contributed by atoms with E-state index in [0.717, 1.165) is 6.07 Å². The molecule has 0 aromatic heterocycles. The molecule has 6 nitrogen and oxygen atoms in total. The van der Waals surface area contributed by atoms with E-state index in [1.54, 1.807) is 6.07 Å². The van der Waals surface area contributed by atoms with Gasteiger partial charge in [0.2, 0.25) is 0 Å². The van der Waals surface area contributed by atoms with Crippen molar-refractivity contribution in [3.05, 3.63) is 30.3 Å². The first-order chi connectivity index (χ1) is 9.18. The molecule has 108 valence electrons. The molecule has 0 unspecified atom stereocenters. The third kappa shape index (κ3) is 2.37. The molecule has 0 heterocycles. The van der Waals surface area contributed by atoms with Crippen molar-refractivity contribution in [3.8, 4) is 0 Å². The first-order valence-electron chi connectivity index (χ1n) is 5.70. The number of anilines is 1. The number of hydrogen-bond acceptors (Lipinski definition) is 5. The molecule has 0 amide bonds. The van der Waals surface area contributed by atoms with Gasteiger partial charge >= 0.3 is 0 Å². The Hall–Kier alpha value is -1.64. The first kappa shape index (κ1) is 14.8. The zero-order chi connectivity index (χ0) is 15.1. The Balaban J connectivity index is 3.12. The minimum atomic E-state index is -4.56. The van der Waals surface area contributed by atoms with Crippen molar-refractivity contribution in [2.75, 3.05) is 11.5 Å². The Labute approximate surface area is 116 Å². The highest BCUT2D eigenvalue weighted by atomic mass is 32.2. The fourth-order valence-electron chi connectivity index (χ4n) is 2.02. The third-order valence-corrected chi connectivity index (χ3v) is 5.68. The van der Waals surface area contributed by atoms with Gasteiger partial charge < -0.3 is 5.73 Å². The largest absolute Gasteiger partial charge is 0.398 e. The van der Waals surface area contributed by atoms with Crippen LogP contribution in [-0.4, -0.2) is 27.1 Å². The number of hydrogen-bond donors (Lipinski definition) is 2. The predicted octanol–water partition coefficient (Wildman–Crippen LogP) is 1.46. The molecule has 20 heavy (non-hydrogen) atoms. The molecule has 0 aliphatic heterocycles. The van der Waals surface area contributed by atoms with Gasteiger partial charge in [0.1, 0.15) is 4.90 Å². The van der Waals surface area contributed by atoms with E-state index in [9.17, 15) is 21.4 Å². The van der Waals surface area contributed by atoms with Crippen LogP contribution in [0.5, 0.6) is 0 Å². The van der Waals surface area contributed by atoms with Crippen LogP contribution in [0.2, 0.25) is 0 Å². The van der Waals surface area contributed by atoms with Gasteiger partial charge in [-0.05, 0) is 17.5 Å². The lowest BCUT2D eigenvalue weighted by atomic mass is 10.1. The molecule has 0 aliphatic rings. The molecule has 2 aromatic rings. The molecule has 0 bridgehead atoms. The van der Waals surface area contributed by atoms with Gasteiger partial charge in [-0.25, -0.2) is 8.42 Å². The van der Waals surface area contributed by atoms with Crippen LogP contribution < -0.4 is 5.73 Å². The van der Waals surface area contributed by atoms with E-state index >= 15 is 0 Å². The Bertz CT molecular complexity index is 885. The first-order valence-corrected chi connectivity index (χ1v) is 8.79. The van der Waals surface area contributed by atoms with Crippen LogP contribution in [0.1, 0.15) is 6.92 Å². The van der Waals surface area contributed by atoms with Crippen LogP contribution in [0.3, 0.4) is 0 Å². The van der Waals surface area contributed by atoms with Gasteiger partial charge in [0.15, 0.2) is 9.84 Å². The fourth-order valence-corrected chi connectivity index (χ4v) is 4.07. The monoisotopic (exact) mass is 315 g/mol.